The zero-order valence-corrected chi connectivity index (χ0v) is 18.4. The van der Waals surface area contributed by atoms with Gasteiger partial charge in [-0.05, 0) is 31.5 Å². The SMILES string of the molecule is CC(NC(=O)CN1C(=O)NC(C)(c2ccc(F)cc2)C1=O)c1nc(C(C)(C)C)cs1. The minimum atomic E-state index is -1.35. The first kappa shape index (κ1) is 21.9. The molecule has 30 heavy (non-hydrogen) atoms. The third kappa shape index (κ3) is 4.21. The Labute approximate surface area is 178 Å². The lowest BCUT2D eigenvalue weighted by atomic mass is 9.92. The number of nitrogens with zero attached hydrogens (tertiary/aromatic N) is 2. The fourth-order valence-electron chi connectivity index (χ4n) is 3.14. The molecule has 1 saturated heterocycles. The van der Waals surface area contributed by atoms with E-state index in [0.717, 1.165) is 15.6 Å². The molecule has 1 aromatic heterocycles. The number of carbonyl (C=O) groups excluding carboxylic acids is 3. The van der Waals surface area contributed by atoms with Gasteiger partial charge >= 0.3 is 6.03 Å². The number of halogens is 1. The molecule has 1 fully saturated rings. The Bertz CT molecular complexity index is 983. The standard InChI is InChI=1S/C21H25FN4O3S/c1-12(17-24-15(11-30-17)20(2,3)4)23-16(27)10-26-18(28)21(5,25-19(26)29)13-6-8-14(22)9-7-13/h6-9,11-12H,10H2,1-5H3,(H,23,27)(H,25,29). The molecule has 2 N–H and O–H groups in total. The van der Waals surface area contributed by atoms with E-state index in [4.69, 9.17) is 0 Å². The largest absolute Gasteiger partial charge is 0.346 e. The van der Waals surface area contributed by atoms with Gasteiger partial charge in [0.25, 0.3) is 5.91 Å². The molecule has 2 aromatic rings. The van der Waals surface area contributed by atoms with Crippen LogP contribution in [0.15, 0.2) is 29.6 Å². The predicted octanol–water partition coefficient (Wildman–Crippen LogP) is 3.22. The molecule has 0 spiro atoms. The maximum absolute atomic E-state index is 13.2. The van der Waals surface area contributed by atoms with Crippen LogP contribution in [-0.4, -0.2) is 34.3 Å². The van der Waals surface area contributed by atoms with E-state index in [9.17, 15) is 18.8 Å². The normalized spacial score (nSPS) is 20.3. The minimum Gasteiger partial charge on any atom is -0.346 e. The Hall–Kier alpha value is -2.81. The Morgan fingerprint density at radius 2 is 1.93 bits per heavy atom. The minimum absolute atomic E-state index is 0.0939. The summed E-state index contributed by atoms with van der Waals surface area (Å²) in [6.07, 6.45) is 0. The van der Waals surface area contributed by atoms with Crippen molar-refractivity contribution in [2.75, 3.05) is 6.54 Å². The van der Waals surface area contributed by atoms with E-state index in [2.05, 4.69) is 36.4 Å². The van der Waals surface area contributed by atoms with Crippen LogP contribution in [0.3, 0.4) is 0 Å². The molecule has 160 valence electrons. The lowest BCUT2D eigenvalue weighted by Gasteiger charge is -2.22. The average Bonchev–Trinajstić information content (AvgIpc) is 3.23. The summed E-state index contributed by atoms with van der Waals surface area (Å²) >= 11 is 1.45. The van der Waals surface area contributed by atoms with Crippen molar-refractivity contribution < 1.29 is 18.8 Å². The monoisotopic (exact) mass is 432 g/mol. The molecule has 0 aliphatic carbocycles. The van der Waals surface area contributed by atoms with Gasteiger partial charge in [0.15, 0.2) is 0 Å². The second-order valence-corrected chi connectivity index (χ2v) is 9.45. The van der Waals surface area contributed by atoms with E-state index >= 15 is 0 Å². The van der Waals surface area contributed by atoms with Crippen LogP contribution in [0.4, 0.5) is 9.18 Å². The molecule has 0 bridgehead atoms. The second-order valence-electron chi connectivity index (χ2n) is 8.56. The van der Waals surface area contributed by atoms with Gasteiger partial charge in [0.2, 0.25) is 5.91 Å². The molecule has 2 unspecified atom stereocenters. The Balaban J connectivity index is 1.67. The maximum atomic E-state index is 13.2. The van der Waals surface area contributed by atoms with Crippen LogP contribution < -0.4 is 10.6 Å². The molecule has 3 rings (SSSR count). The van der Waals surface area contributed by atoms with E-state index in [-0.39, 0.29) is 11.5 Å². The van der Waals surface area contributed by atoms with Crippen LogP contribution >= 0.6 is 11.3 Å². The summed E-state index contributed by atoms with van der Waals surface area (Å²) in [5.41, 5.74) is -0.0690. The summed E-state index contributed by atoms with van der Waals surface area (Å²) in [6, 6.07) is 4.29. The number of carbonyl (C=O) groups is 3. The summed E-state index contributed by atoms with van der Waals surface area (Å²) in [5, 5.41) is 8.10. The molecule has 9 heteroatoms. The third-order valence-corrected chi connectivity index (χ3v) is 6.06. The van der Waals surface area contributed by atoms with Gasteiger partial charge in [-0.2, -0.15) is 0 Å². The molecular formula is C21H25FN4O3S. The van der Waals surface area contributed by atoms with Crippen LogP contribution in [0, 0.1) is 5.82 Å². The van der Waals surface area contributed by atoms with Gasteiger partial charge in [0, 0.05) is 10.8 Å². The smallest absolute Gasteiger partial charge is 0.325 e. The number of urea groups is 1. The number of thiazole rings is 1. The van der Waals surface area contributed by atoms with Crippen molar-refractivity contribution in [3.63, 3.8) is 0 Å². The lowest BCUT2D eigenvalue weighted by Crippen LogP contribution is -2.43. The van der Waals surface area contributed by atoms with E-state index < -0.39 is 35.7 Å². The van der Waals surface area contributed by atoms with Crippen molar-refractivity contribution in [3.8, 4) is 0 Å². The van der Waals surface area contributed by atoms with E-state index in [1.165, 1.54) is 42.5 Å². The zero-order chi connectivity index (χ0) is 22.3. The average molecular weight is 433 g/mol. The van der Waals surface area contributed by atoms with Gasteiger partial charge in [-0.25, -0.2) is 14.2 Å². The van der Waals surface area contributed by atoms with Gasteiger partial charge < -0.3 is 10.6 Å². The summed E-state index contributed by atoms with van der Waals surface area (Å²) in [5.74, 6) is -1.48. The van der Waals surface area contributed by atoms with E-state index in [1.807, 2.05) is 5.38 Å². The summed E-state index contributed by atoms with van der Waals surface area (Å²) in [4.78, 5) is 43.2. The first-order valence-electron chi connectivity index (χ1n) is 9.57. The highest BCUT2D eigenvalue weighted by atomic mass is 32.1. The van der Waals surface area contributed by atoms with Crippen molar-refractivity contribution in [2.24, 2.45) is 0 Å². The first-order valence-corrected chi connectivity index (χ1v) is 10.4. The number of aromatic nitrogens is 1. The number of hydrogen-bond acceptors (Lipinski definition) is 5. The van der Waals surface area contributed by atoms with Gasteiger partial charge in [-0.3, -0.25) is 14.5 Å². The second kappa shape index (κ2) is 7.79. The summed E-state index contributed by atoms with van der Waals surface area (Å²) in [7, 11) is 0. The van der Waals surface area contributed by atoms with Gasteiger partial charge in [0.05, 0.1) is 11.7 Å². The van der Waals surface area contributed by atoms with Crippen LogP contribution in [0.25, 0.3) is 0 Å². The van der Waals surface area contributed by atoms with Crippen molar-refractivity contribution in [3.05, 3.63) is 51.7 Å². The van der Waals surface area contributed by atoms with E-state index in [1.54, 1.807) is 6.92 Å². The van der Waals surface area contributed by atoms with E-state index in [0.29, 0.717) is 5.56 Å². The van der Waals surface area contributed by atoms with Crippen LogP contribution in [-0.2, 0) is 20.5 Å². The van der Waals surface area contributed by atoms with Gasteiger partial charge in [-0.15, -0.1) is 11.3 Å². The van der Waals surface area contributed by atoms with Crippen LogP contribution in [0.5, 0.6) is 0 Å². The van der Waals surface area contributed by atoms with Crippen molar-refractivity contribution in [2.45, 2.75) is 51.6 Å². The van der Waals surface area contributed by atoms with Crippen molar-refractivity contribution >= 4 is 29.2 Å². The molecular weight excluding hydrogens is 407 g/mol. The highest BCUT2D eigenvalue weighted by Gasteiger charge is 2.49. The molecule has 1 aromatic carbocycles. The number of rotatable bonds is 5. The first-order chi connectivity index (χ1) is 13.9. The van der Waals surface area contributed by atoms with Gasteiger partial charge in [0.1, 0.15) is 22.9 Å². The third-order valence-electron chi connectivity index (χ3n) is 5.04. The maximum Gasteiger partial charge on any atom is 0.325 e. The number of benzene rings is 1. The molecule has 2 heterocycles. The lowest BCUT2D eigenvalue weighted by molar-refractivity contribution is -0.135. The molecule has 0 radical (unpaired) electrons. The topological polar surface area (TPSA) is 91.4 Å². The fourth-order valence-corrected chi connectivity index (χ4v) is 4.20. The molecule has 2 atom stereocenters. The molecule has 0 saturated carbocycles. The molecule has 1 aliphatic heterocycles. The number of imide groups is 1. The highest BCUT2D eigenvalue weighted by Crippen LogP contribution is 2.29. The highest BCUT2D eigenvalue weighted by molar-refractivity contribution is 7.09. The molecule has 7 nitrogen and oxygen atoms in total. The number of hydrogen-bond donors (Lipinski definition) is 2. The fraction of sp³-hybridized carbons (Fsp3) is 0.429. The van der Waals surface area contributed by atoms with Gasteiger partial charge in [-0.1, -0.05) is 32.9 Å². The predicted molar refractivity (Wildman–Crippen MR) is 111 cm³/mol. The zero-order valence-electron chi connectivity index (χ0n) is 17.6. The molecule has 1 aliphatic rings. The molecule has 4 amide bonds. The Morgan fingerprint density at radius 3 is 2.50 bits per heavy atom. The Kier molecular flexibility index (Phi) is 5.68. The summed E-state index contributed by atoms with van der Waals surface area (Å²) in [6.45, 7) is 9.10. The van der Waals surface area contributed by atoms with Crippen LogP contribution in [0.1, 0.15) is 56.9 Å². The summed E-state index contributed by atoms with van der Waals surface area (Å²) < 4.78 is 13.2. The van der Waals surface area contributed by atoms with Crippen LogP contribution in [0.2, 0.25) is 0 Å². The van der Waals surface area contributed by atoms with Crippen molar-refractivity contribution in [1.82, 2.24) is 20.5 Å². The quantitative estimate of drug-likeness (QED) is 0.710. The number of amides is 4. The Morgan fingerprint density at radius 1 is 1.30 bits per heavy atom. The number of nitrogens with one attached hydrogen (secondary N) is 2. The van der Waals surface area contributed by atoms with Crippen molar-refractivity contribution in [1.29, 1.82) is 0 Å².